The molecule has 1 aromatic heterocycles. The molecule has 1 aliphatic rings. The number of benzene rings is 2. The molecule has 0 fully saturated rings. The van der Waals surface area contributed by atoms with Gasteiger partial charge in [-0.15, -0.1) is 10.2 Å². The third kappa shape index (κ3) is 3.93. The zero-order chi connectivity index (χ0) is 20.6. The van der Waals surface area contributed by atoms with Gasteiger partial charge in [-0.3, -0.25) is 4.79 Å². The van der Waals surface area contributed by atoms with Gasteiger partial charge in [0.2, 0.25) is 11.1 Å². The number of aryl methyl sites for hydroxylation is 1. The van der Waals surface area contributed by atoms with Crippen molar-refractivity contribution in [2.24, 2.45) is 0 Å². The second-order valence-electron chi connectivity index (χ2n) is 6.49. The van der Waals surface area contributed by atoms with Gasteiger partial charge in [0.25, 0.3) is 0 Å². The fraction of sp³-hybridized carbons (Fsp3) is 0.211. The number of nitrogens with one attached hydrogen (secondary N) is 2. The molecule has 0 radical (unpaired) electrons. The van der Waals surface area contributed by atoms with Crippen molar-refractivity contribution in [3.63, 3.8) is 0 Å². The molecule has 2 N–H and O–H groups in total. The van der Waals surface area contributed by atoms with Crippen LogP contribution in [0.25, 0.3) is 0 Å². The third-order valence-electron chi connectivity index (χ3n) is 4.47. The summed E-state index contributed by atoms with van der Waals surface area (Å²) in [4.78, 5) is 13.0. The second-order valence-corrected chi connectivity index (χ2v) is 7.60. The summed E-state index contributed by atoms with van der Waals surface area (Å²) in [6.45, 7) is 1.79. The van der Waals surface area contributed by atoms with Crippen LogP contribution in [-0.2, 0) is 11.0 Å². The molecule has 29 heavy (non-hydrogen) atoms. The lowest BCUT2D eigenvalue weighted by Gasteiger charge is -2.32. The van der Waals surface area contributed by atoms with Gasteiger partial charge in [0.15, 0.2) is 0 Å². The Morgan fingerprint density at radius 1 is 1.14 bits per heavy atom. The molecule has 3 aromatic rings. The number of aromatic nitrogens is 3. The normalized spacial score (nSPS) is 18.6. The summed E-state index contributed by atoms with van der Waals surface area (Å²) in [5.74, 6) is 0.216. The predicted molar refractivity (Wildman–Crippen MR) is 103 cm³/mol. The van der Waals surface area contributed by atoms with Crippen molar-refractivity contribution in [3.05, 3.63) is 71.5 Å². The van der Waals surface area contributed by atoms with Gasteiger partial charge in [0, 0.05) is 5.69 Å². The first-order chi connectivity index (χ1) is 13.8. The van der Waals surface area contributed by atoms with Crippen molar-refractivity contribution in [1.29, 1.82) is 0 Å². The van der Waals surface area contributed by atoms with E-state index in [2.05, 4.69) is 20.9 Å². The van der Waals surface area contributed by atoms with Crippen molar-refractivity contribution in [3.8, 4) is 0 Å². The van der Waals surface area contributed by atoms with Gasteiger partial charge in [-0.25, -0.2) is 4.68 Å². The molecule has 0 saturated heterocycles. The molecule has 4 rings (SSSR count). The minimum Gasteiger partial charge on any atom is -0.325 e. The van der Waals surface area contributed by atoms with Crippen LogP contribution < -0.4 is 10.7 Å². The maximum atomic E-state index is 13.0. The van der Waals surface area contributed by atoms with Crippen LogP contribution in [0.2, 0.25) is 0 Å². The zero-order valence-electron chi connectivity index (χ0n) is 15.1. The number of hydrogen-bond donors (Lipinski definition) is 2. The van der Waals surface area contributed by atoms with Gasteiger partial charge in [0.1, 0.15) is 11.1 Å². The van der Waals surface area contributed by atoms with E-state index in [4.69, 9.17) is 0 Å². The zero-order valence-corrected chi connectivity index (χ0v) is 16.0. The topological polar surface area (TPSA) is 71.8 Å². The van der Waals surface area contributed by atoms with Crippen LogP contribution in [0, 0.1) is 6.92 Å². The summed E-state index contributed by atoms with van der Waals surface area (Å²) < 4.78 is 40.6. The minimum absolute atomic E-state index is 0.0838. The van der Waals surface area contributed by atoms with Crippen LogP contribution in [0.15, 0.2) is 59.8 Å². The number of carbonyl (C=O) groups is 1. The Balaban J connectivity index is 1.63. The summed E-state index contributed by atoms with van der Waals surface area (Å²) in [5.41, 5.74) is 3.37. The van der Waals surface area contributed by atoms with E-state index in [1.54, 1.807) is 11.6 Å². The third-order valence-corrected chi connectivity index (χ3v) is 5.69. The van der Waals surface area contributed by atoms with Crippen LogP contribution in [0.4, 0.5) is 18.9 Å². The van der Waals surface area contributed by atoms with Gasteiger partial charge in [-0.05, 0) is 30.7 Å². The fourth-order valence-electron chi connectivity index (χ4n) is 3.06. The summed E-state index contributed by atoms with van der Waals surface area (Å²) in [6, 6.07) is 13.5. The standard InChI is InChI=1S/C19H16F3N5OS/c1-11-24-25-18-27(11)26-15(12-6-3-2-4-7-12)16(29-18)17(28)23-14-9-5-8-13(10-14)19(20,21)22/h2-10,15-16,26H,1H3,(H,23,28)/t15-,16-/m0/s1. The van der Waals surface area contributed by atoms with Crippen molar-refractivity contribution < 1.29 is 18.0 Å². The van der Waals surface area contributed by atoms with E-state index < -0.39 is 28.9 Å². The molecular weight excluding hydrogens is 403 g/mol. The van der Waals surface area contributed by atoms with Crippen molar-refractivity contribution >= 4 is 23.4 Å². The molecule has 0 saturated carbocycles. The Bertz CT molecular complexity index is 1040. The minimum atomic E-state index is -4.48. The maximum absolute atomic E-state index is 13.0. The number of thioether (sulfide) groups is 1. The Kier molecular flexibility index (Phi) is 4.95. The molecule has 1 amide bonds. The van der Waals surface area contributed by atoms with E-state index in [0.717, 1.165) is 17.7 Å². The van der Waals surface area contributed by atoms with Crippen LogP contribution in [-0.4, -0.2) is 26.0 Å². The van der Waals surface area contributed by atoms with E-state index >= 15 is 0 Å². The number of halogens is 3. The van der Waals surface area contributed by atoms with Gasteiger partial charge in [-0.2, -0.15) is 13.2 Å². The van der Waals surface area contributed by atoms with E-state index in [-0.39, 0.29) is 5.69 Å². The highest BCUT2D eigenvalue weighted by Crippen LogP contribution is 2.37. The van der Waals surface area contributed by atoms with Crippen molar-refractivity contribution in [1.82, 2.24) is 14.9 Å². The molecule has 1 aliphatic heterocycles. The van der Waals surface area contributed by atoms with Crippen molar-refractivity contribution in [2.45, 2.75) is 29.5 Å². The van der Waals surface area contributed by atoms with E-state index in [1.165, 1.54) is 23.9 Å². The lowest BCUT2D eigenvalue weighted by Crippen LogP contribution is -2.41. The molecule has 150 valence electrons. The highest BCUT2D eigenvalue weighted by molar-refractivity contribution is 8.00. The number of carbonyl (C=O) groups excluding carboxylic acids is 1. The molecule has 0 aliphatic carbocycles. The number of fused-ring (bicyclic) bond motifs is 1. The molecule has 2 heterocycles. The number of amides is 1. The molecule has 0 bridgehead atoms. The highest BCUT2D eigenvalue weighted by Gasteiger charge is 2.37. The fourth-order valence-corrected chi connectivity index (χ4v) is 4.18. The Morgan fingerprint density at radius 3 is 2.62 bits per heavy atom. The summed E-state index contributed by atoms with van der Waals surface area (Å²) in [7, 11) is 0. The molecule has 2 aromatic carbocycles. The van der Waals surface area contributed by atoms with Gasteiger partial charge < -0.3 is 10.7 Å². The molecule has 0 spiro atoms. The number of anilines is 1. The summed E-state index contributed by atoms with van der Waals surface area (Å²) in [5, 5.41) is 10.5. The van der Waals surface area contributed by atoms with Crippen LogP contribution >= 0.6 is 11.8 Å². The molecule has 10 heteroatoms. The lowest BCUT2D eigenvalue weighted by molar-refractivity contribution is -0.137. The number of rotatable bonds is 3. The maximum Gasteiger partial charge on any atom is 0.416 e. The van der Waals surface area contributed by atoms with Crippen LogP contribution in [0.5, 0.6) is 0 Å². The Labute approximate surface area is 168 Å². The van der Waals surface area contributed by atoms with Crippen LogP contribution in [0.1, 0.15) is 23.0 Å². The molecular formula is C19H16F3N5OS. The smallest absolute Gasteiger partial charge is 0.325 e. The van der Waals surface area contributed by atoms with E-state index in [1.807, 2.05) is 30.3 Å². The average molecular weight is 419 g/mol. The molecule has 6 nitrogen and oxygen atoms in total. The number of alkyl halides is 3. The van der Waals surface area contributed by atoms with Crippen molar-refractivity contribution in [2.75, 3.05) is 10.7 Å². The highest BCUT2D eigenvalue weighted by atomic mass is 32.2. The first-order valence-corrected chi connectivity index (χ1v) is 9.59. The monoisotopic (exact) mass is 419 g/mol. The SMILES string of the molecule is Cc1nnc2n1N[C@@H](c1ccccc1)[C@@H](C(=O)Nc1cccc(C(F)(F)F)c1)S2. The lowest BCUT2D eigenvalue weighted by atomic mass is 10.0. The first kappa shape index (κ1) is 19.3. The van der Waals surface area contributed by atoms with Gasteiger partial charge in [0.05, 0.1) is 11.6 Å². The predicted octanol–water partition coefficient (Wildman–Crippen LogP) is 4.00. The van der Waals surface area contributed by atoms with Crippen LogP contribution in [0.3, 0.4) is 0 Å². The average Bonchev–Trinajstić information content (AvgIpc) is 3.07. The molecule has 0 unspecified atom stereocenters. The largest absolute Gasteiger partial charge is 0.416 e. The summed E-state index contributed by atoms with van der Waals surface area (Å²) >= 11 is 1.21. The molecule has 2 atom stereocenters. The Hall–Kier alpha value is -3.01. The second kappa shape index (κ2) is 7.43. The quantitative estimate of drug-likeness (QED) is 0.672. The summed E-state index contributed by atoms with van der Waals surface area (Å²) in [6.07, 6.45) is -4.48. The van der Waals surface area contributed by atoms with Gasteiger partial charge in [-0.1, -0.05) is 48.2 Å². The number of hydrogen-bond acceptors (Lipinski definition) is 5. The van der Waals surface area contributed by atoms with E-state index in [0.29, 0.717) is 11.0 Å². The number of nitrogens with zero attached hydrogens (tertiary/aromatic N) is 3. The van der Waals surface area contributed by atoms with E-state index in [9.17, 15) is 18.0 Å². The first-order valence-electron chi connectivity index (χ1n) is 8.71. The van der Waals surface area contributed by atoms with Gasteiger partial charge >= 0.3 is 6.18 Å². The Morgan fingerprint density at radius 2 is 1.90 bits per heavy atom.